The normalized spacial score (nSPS) is 11.8. The molecule has 0 aliphatic heterocycles. The molecule has 8 heteroatoms. The lowest BCUT2D eigenvalue weighted by molar-refractivity contribution is 0.234. The van der Waals surface area contributed by atoms with Gasteiger partial charge >= 0.3 is 5.76 Å². The largest absolute Gasteiger partial charge is 0.379 e. The second-order valence-electron chi connectivity index (χ2n) is 4.35. The van der Waals surface area contributed by atoms with Crippen molar-refractivity contribution >= 4 is 15.5 Å². The van der Waals surface area contributed by atoms with E-state index in [2.05, 4.69) is 10.3 Å². The Bertz CT molecular complexity index is 696. The summed E-state index contributed by atoms with van der Waals surface area (Å²) < 4.78 is 49.3. The Labute approximate surface area is 121 Å². The van der Waals surface area contributed by atoms with Gasteiger partial charge < -0.3 is 9.88 Å². The van der Waals surface area contributed by atoms with E-state index in [9.17, 15) is 17.2 Å². The fraction of sp³-hybridized carbons (Fsp3) is 0.308. The van der Waals surface area contributed by atoms with Gasteiger partial charge in [-0.3, -0.25) is 0 Å². The minimum atomic E-state index is -4.54. The molecule has 21 heavy (non-hydrogen) atoms. The van der Waals surface area contributed by atoms with Crippen LogP contribution < -0.4 is 5.32 Å². The van der Waals surface area contributed by atoms with Gasteiger partial charge in [-0.25, -0.2) is 13.4 Å². The highest BCUT2D eigenvalue weighted by atomic mass is 32.2. The van der Waals surface area contributed by atoms with Gasteiger partial charge in [0.15, 0.2) is 0 Å². The third kappa shape index (κ3) is 3.38. The zero-order chi connectivity index (χ0) is 15.5. The van der Waals surface area contributed by atoms with Crippen molar-refractivity contribution in [1.82, 2.24) is 9.55 Å². The molecule has 0 saturated carbocycles. The summed E-state index contributed by atoms with van der Waals surface area (Å²) in [5, 5.41) is 3.09. The summed E-state index contributed by atoms with van der Waals surface area (Å²) in [4.78, 5) is 3.64. The zero-order valence-corrected chi connectivity index (χ0v) is 12.1. The number of alkyl halides is 2. The third-order valence-corrected chi connectivity index (χ3v) is 4.43. The molecule has 0 aliphatic rings. The Kier molecular flexibility index (Phi) is 4.56. The van der Waals surface area contributed by atoms with Crippen LogP contribution in [-0.4, -0.2) is 23.7 Å². The van der Waals surface area contributed by atoms with Crippen LogP contribution in [0.4, 0.5) is 14.5 Å². The van der Waals surface area contributed by atoms with Crippen molar-refractivity contribution in [3.8, 4) is 0 Å². The predicted molar refractivity (Wildman–Crippen MR) is 74.9 cm³/mol. The number of nitrogens with one attached hydrogen (secondary N) is 1. The van der Waals surface area contributed by atoms with E-state index >= 15 is 0 Å². The van der Waals surface area contributed by atoms with Crippen molar-refractivity contribution in [1.29, 1.82) is 0 Å². The molecule has 2 aromatic rings. The first-order valence-corrected chi connectivity index (χ1v) is 7.84. The van der Waals surface area contributed by atoms with Gasteiger partial charge in [0.25, 0.3) is 0 Å². The average molecular weight is 315 g/mol. The molecule has 0 atom stereocenters. The van der Waals surface area contributed by atoms with Crippen LogP contribution >= 0.6 is 0 Å². The zero-order valence-electron chi connectivity index (χ0n) is 11.3. The van der Waals surface area contributed by atoms with E-state index in [0.29, 0.717) is 12.2 Å². The van der Waals surface area contributed by atoms with Crippen molar-refractivity contribution in [2.75, 3.05) is 5.32 Å². The number of hydrogen-bond acceptors (Lipinski definition) is 4. The maximum Gasteiger partial charge on any atom is 0.341 e. The summed E-state index contributed by atoms with van der Waals surface area (Å²) in [6, 6.07) is 5.26. The first-order chi connectivity index (χ1) is 9.95. The number of hydrogen-bond donors (Lipinski definition) is 1. The summed E-state index contributed by atoms with van der Waals surface area (Å²) >= 11 is 0. The molecule has 5 nitrogen and oxygen atoms in total. The molecule has 0 spiro atoms. The molecule has 0 amide bonds. The highest BCUT2D eigenvalue weighted by Crippen LogP contribution is 2.20. The molecule has 1 aromatic carbocycles. The van der Waals surface area contributed by atoms with E-state index in [-0.39, 0.29) is 4.90 Å². The molecular weight excluding hydrogens is 300 g/mol. The topological polar surface area (TPSA) is 64.0 Å². The Morgan fingerprint density at radius 3 is 2.52 bits per heavy atom. The summed E-state index contributed by atoms with van der Waals surface area (Å²) in [6.45, 7) is 3.30. The smallest absolute Gasteiger partial charge is 0.341 e. The molecule has 0 aliphatic carbocycles. The first kappa shape index (κ1) is 15.4. The van der Waals surface area contributed by atoms with Gasteiger partial charge in [-0.1, -0.05) is 0 Å². The molecule has 1 aromatic heterocycles. The van der Waals surface area contributed by atoms with Gasteiger partial charge in [0.1, 0.15) is 0 Å². The molecule has 2 rings (SSSR count). The van der Waals surface area contributed by atoms with Crippen LogP contribution in [0.25, 0.3) is 0 Å². The van der Waals surface area contributed by atoms with E-state index in [1.807, 2.05) is 11.5 Å². The lowest BCUT2D eigenvalue weighted by Gasteiger charge is -2.09. The number of aryl methyl sites for hydroxylation is 1. The molecular formula is C13H15F2N3O2S. The molecule has 1 N–H and O–H groups in total. The maximum absolute atomic E-state index is 12.4. The molecule has 114 valence electrons. The third-order valence-electron chi connectivity index (χ3n) is 3.03. The van der Waals surface area contributed by atoms with E-state index in [1.165, 1.54) is 24.3 Å². The fourth-order valence-electron chi connectivity index (χ4n) is 1.84. The van der Waals surface area contributed by atoms with Crippen LogP contribution in [0.15, 0.2) is 41.7 Å². The SMILES string of the molecule is CCn1cncc1CNc1ccc(S(=O)(=O)C(F)F)cc1. The van der Waals surface area contributed by atoms with Crippen molar-refractivity contribution < 1.29 is 17.2 Å². The van der Waals surface area contributed by atoms with Gasteiger partial charge in [-0.2, -0.15) is 8.78 Å². The minimum absolute atomic E-state index is 0.387. The number of imidazole rings is 1. The van der Waals surface area contributed by atoms with E-state index in [0.717, 1.165) is 12.2 Å². The number of benzene rings is 1. The molecule has 1 heterocycles. The number of anilines is 1. The van der Waals surface area contributed by atoms with Crippen molar-refractivity contribution in [3.05, 3.63) is 42.5 Å². The summed E-state index contributed by atoms with van der Waals surface area (Å²) in [6.07, 6.45) is 3.45. The van der Waals surface area contributed by atoms with Crippen LogP contribution in [0.2, 0.25) is 0 Å². The van der Waals surface area contributed by atoms with E-state index in [1.54, 1.807) is 12.5 Å². The minimum Gasteiger partial charge on any atom is -0.379 e. The highest BCUT2D eigenvalue weighted by molar-refractivity contribution is 7.91. The Morgan fingerprint density at radius 2 is 1.95 bits per heavy atom. The molecule has 0 fully saturated rings. The van der Waals surface area contributed by atoms with E-state index < -0.39 is 15.6 Å². The molecule has 0 bridgehead atoms. The summed E-state index contributed by atoms with van der Waals surface area (Å²) in [5.41, 5.74) is 1.62. The lowest BCUT2D eigenvalue weighted by Crippen LogP contribution is -2.11. The standard InChI is InChI=1S/C13H15F2N3O2S/c1-2-18-9-16-7-11(18)8-17-10-3-5-12(6-4-10)21(19,20)13(14)15/h3-7,9,13,17H,2,8H2,1H3. The number of nitrogens with zero attached hydrogens (tertiary/aromatic N) is 2. The average Bonchev–Trinajstić information content (AvgIpc) is 2.92. The van der Waals surface area contributed by atoms with Crippen molar-refractivity contribution in [2.45, 2.75) is 30.7 Å². The predicted octanol–water partition coefficient (Wildman–Crippen LogP) is 2.51. The number of rotatable bonds is 6. The van der Waals surface area contributed by atoms with Crippen molar-refractivity contribution in [3.63, 3.8) is 0 Å². The van der Waals surface area contributed by atoms with Crippen LogP contribution in [-0.2, 0) is 22.9 Å². The van der Waals surface area contributed by atoms with Crippen LogP contribution in [0.5, 0.6) is 0 Å². The Morgan fingerprint density at radius 1 is 1.29 bits per heavy atom. The van der Waals surface area contributed by atoms with Gasteiger partial charge in [0.2, 0.25) is 9.84 Å². The maximum atomic E-state index is 12.4. The summed E-state index contributed by atoms with van der Waals surface area (Å²) in [5.74, 6) is -3.41. The monoisotopic (exact) mass is 315 g/mol. The highest BCUT2D eigenvalue weighted by Gasteiger charge is 2.26. The second-order valence-corrected chi connectivity index (χ2v) is 6.27. The lowest BCUT2D eigenvalue weighted by atomic mass is 10.3. The molecule has 0 unspecified atom stereocenters. The number of halogens is 2. The van der Waals surface area contributed by atoms with Crippen LogP contribution in [0, 0.1) is 0 Å². The van der Waals surface area contributed by atoms with Crippen LogP contribution in [0.1, 0.15) is 12.6 Å². The molecule has 0 saturated heterocycles. The number of aromatic nitrogens is 2. The number of sulfone groups is 1. The summed E-state index contributed by atoms with van der Waals surface area (Å²) in [7, 11) is -4.54. The quantitative estimate of drug-likeness (QED) is 0.889. The van der Waals surface area contributed by atoms with Gasteiger partial charge in [-0.05, 0) is 31.2 Å². The van der Waals surface area contributed by atoms with E-state index in [4.69, 9.17) is 0 Å². The Balaban J connectivity index is 2.07. The van der Waals surface area contributed by atoms with Crippen molar-refractivity contribution in [2.24, 2.45) is 0 Å². The van der Waals surface area contributed by atoms with Crippen LogP contribution in [0.3, 0.4) is 0 Å². The van der Waals surface area contributed by atoms with Gasteiger partial charge in [0.05, 0.1) is 23.5 Å². The molecule has 0 radical (unpaired) electrons. The first-order valence-electron chi connectivity index (χ1n) is 6.30. The van der Waals surface area contributed by atoms with Gasteiger partial charge in [-0.15, -0.1) is 0 Å². The fourth-order valence-corrected chi connectivity index (χ4v) is 2.56. The second kappa shape index (κ2) is 6.21. The Hall–Kier alpha value is -1.96. The van der Waals surface area contributed by atoms with Gasteiger partial charge in [0, 0.05) is 18.4 Å².